The summed E-state index contributed by atoms with van der Waals surface area (Å²) in [5.41, 5.74) is 0.745. The average molecular weight is 568 g/mol. The first-order valence-corrected chi connectivity index (χ1v) is 14.6. The highest BCUT2D eigenvalue weighted by atomic mass is 16.6. The van der Waals surface area contributed by atoms with Crippen molar-refractivity contribution >= 4 is 23.5 Å². The number of nitrogens with one attached hydrogen (secondary N) is 1. The Balaban J connectivity index is 2.06. The molecule has 41 heavy (non-hydrogen) atoms. The van der Waals surface area contributed by atoms with E-state index in [2.05, 4.69) is 12.2 Å². The zero-order chi connectivity index (χ0) is 30.0. The number of carbonyl (C=O) groups excluding carboxylic acids is 3. The van der Waals surface area contributed by atoms with E-state index in [9.17, 15) is 14.4 Å². The van der Waals surface area contributed by atoms with Gasteiger partial charge in [-0.3, -0.25) is 4.79 Å². The predicted octanol–water partition coefficient (Wildman–Crippen LogP) is 7.34. The van der Waals surface area contributed by atoms with Crippen molar-refractivity contribution < 1.29 is 33.3 Å². The zero-order valence-corrected chi connectivity index (χ0v) is 25.1. The van der Waals surface area contributed by atoms with E-state index in [4.69, 9.17) is 18.9 Å². The van der Waals surface area contributed by atoms with Gasteiger partial charge in [-0.2, -0.15) is 0 Å². The molecule has 0 saturated carbocycles. The predicted molar refractivity (Wildman–Crippen MR) is 160 cm³/mol. The van der Waals surface area contributed by atoms with Gasteiger partial charge in [0.25, 0.3) is 5.91 Å². The van der Waals surface area contributed by atoms with E-state index >= 15 is 0 Å². The summed E-state index contributed by atoms with van der Waals surface area (Å²) in [5.74, 6) is -1.15. The lowest BCUT2D eigenvalue weighted by atomic mass is 10.1. The van der Waals surface area contributed by atoms with Gasteiger partial charge in [0.15, 0.2) is 5.75 Å². The van der Waals surface area contributed by atoms with Crippen molar-refractivity contribution in [2.24, 2.45) is 11.8 Å². The molecule has 0 aliphatic rings. The van der Waals surface area contributed by atoms with E-state index in [0.29, 0.717) is 23.6 Å². The van der Waals surface area contributed by atoms with E-state index in [-0.39, 0.29) is 42.5 Å². The van der Waals surface area contributed by atoms with Gasteiger partial charge in [0.05, 0.1) is 31.6 Å². The van der Waals surface area contributed by atoms with E-state index in [1.54, 1.807) is 48.5 Å². The summed E-state index contributed by atoms with van der Waals surface area (Å²) in [6.45, 7) is 10.8. The number of carbonyl (C=O) groups is 3. The molecule has 8 nitrogen and oxygen atoms in total. The van der Waals surface area contributed by atoms with Crippen LogP contribution in [0, 0.1) is 11.8 Å². The molecule has 1 amide bonds. The van der Waals surface area contributed by atoms with Crippen LogP contribution in [-0.2, 0) is 19.1 Å². The molecule has 0 unspecified atom stereocenters. The van der Waals surface area contributed by atoms with Crippen molar-refractivity contribution in [3.05, 3.63) is 65.9 Å². The first-order chi connectivity index (χ1) is 19.7. The Labute approximate surface area is 244 Å². The number of hydrogen-bond acceptors (Lipinski definition) is 7. The third-order valence-corrected chi connectivity index (χ3v) is 5.80. The maximum absolute atomic E-state index is 13.0. The minimum atomic E-state index is -0.808. The smallest absolute Gasteiger partial charge is 0.374 e. The van der Waals surface area contributed by atoms with Gasteiger partial charge in [-0.1, -0.05) is 78.9 Å². The topological polar surface area (TPSA) is 100 Å². The maximum Gasteiger partial charge on any atom is 0.374 e. The summed E-state index contributed by atoms with van der Waals surface area (Å²) in [4.78, 5) is 38.1. The molecule has 2 aromatic rings. The van der Waals surface area contributed by atoms with Crippen LogP contribution in [0.4, 0.5) is 5.69 Å². The number of anilines is 1. The summed E-state index contributed by atoms with van der Waals surface area (Å²) in [5, 5.41) is 2.81. The lowest BCUT2D eigenvalue weighted by molar-refractivity contribution is -0.144. The van der Waals surface area contributed by atoms with Gasteiger partial charge < -0.3 is 24.3 Å². The highest BCUT2D eigenvalue weighted by molar-refractivity contribution is 6.05. The van der Waals surface area contributed by atoms with Crippen LogP contribution in [0.5, 0.6) is 11.5 Å². The van der Waals surface area contributed by atoms with Crippen molar-refractivity contribution in [2.75, 3.05) is 25.1 Å². The average Bonchev–Trinajstić information content (AvgIpc) is 2.95. The standard InChI is InChI=1S/C33H45NO7/c1-6-7-8-9-10-13-20-38-27-18-16-26(17-19-27)32(36)34-28-14-11-12-15-29(28)41-30(33(37)40-23-25(4)5)21-31(35)39-22-24(2)3/h11-12,14-19,21,24-25H,6-10,13,20,22-23H2,1-5H3,(H,34,36)/b30-21+. The third kappa shape index (κ3) is 13.4. The number of amides is 1. The van der Waals surface area contributed by atoms with Gasteiger partial charge in [-0.05, 0) is 54.7 Å². The highest BCUT2D eigenvalue weighted by Crippen LogP contribution is 2.27. The van der Waals surface area contributed by atoms with E-state index in [0.717, 1.165) is 18.9 Å². The van der Waals surface area contributed by atoms with Crippen molar-refractivity contribution in [3.8, 4) is 11.5 Å². The summed E-state index contributed by atoms with van der Waals surface area (Å²) in [6, 6.07) is 13.5. The molecule has 0 saturated heterocycles. The van der Waals surface area contributed by atoms with E-state index in [1.165, 1.54) is 25.7 Å². The molecule has 0 radical (unpaired) electrons. The first kappa shape index (κ1) is 33.4. The number of rotatable bonds is 18. The van der Waals surface area contributed by atoms with Gasteiger partial charge in [0.1, 0.15) is 5.75 Å². The van der Waals surface area contributed by atoms with Gasteiger partial charge in [0.2, 0.25) is 5.76 Å². The Bertz CT molecular complexity index is 1120. The van der Waals surface area contributed by atoms with Crippen molar-refractivity contribution in [2.45, 2.75) is 73.1 Å². The van der Waals surface area contributed by atoms with Crippen molar-refractivity contribution in [1.82, 2.24) is 0 Å². The monoisotopic (exact) mass is 567 g/mol. The Hall–Kier alpha value is -3.81. The number of hydrogen-bond donors (Lipinski definition) is 1. The van der Waals surface area contributed by atoms with Crippen LogP contribution in [0.15, 0.2) is 60.4 Å². The normalized spacial score (nSPS) is 11.3. The minimum Gasteiger partial charge on any atom is -0.494 e. The maximum atomic E-state index is 13.0. The molecular weight excluding hydrogens is 522 g/mol. The summed E-state index contributed by atoms with van der Waals surface area (Å²) < 4.78 is 22.1. The SMILES string of the molecule is CCCCCCCCOc1ccc(C(=O)Nc2ccccc2O/C(=C/C(=O)OCC(C)C)C(=O)OCC(C)C)cc1. The number of ether oxygens (including phenoxy) is 4. The minimum absolute atomic E-state index is 0.0898. The molecule has 1 N–H and O–H groups in total. The molecule has 0 aliphatic heterocycles. The van der Waals surface area contributed by atoms with Crippen molar-refractivity contribution in [3.63, 3.8) is 0 Å². The van der Waals surface area contributed by atoms with Gasteiger partial charge in [-0.15, -0.1) is 0 Å². The molecule has 0 bridgehead atoms. The summed E-state index contributed by atoms with van der Waals surface area (Å²) in [6.07, 6.45) is 8.10. The molecule has 0 atom stereocenters. The number of para-hydroxylation sites is 2. The second-order valence-corrected chi connectivity index (χ2v) is 10.7. The number of unbranched alkanes of at least 4 members (excludes halogenated alkanes) is 5. The van der Waals surface area contributed by atoms with Crippen LogP contribution in [0.2, 0.25) is 0 Å². The quantitative estimate of drug-likeness (QED) is 0.0870. The van der Waals surface area contributed by atoms with Crippen LogP contribution in [0.3, 0.4) is 0 Å². The third-order valence-electron chi connectivity index (χ3n) is 5.80. The van der Waals surface area contributed by atoms with Crippen LogP contribution < -0.4 is 14.8 Å². The summed E-state index contributed by atoms with van der Waals surface area (Å²) >= 11 is 0. The Morgan fingerprint density at radius 3 is 2.12 bits per heavy atom. The van der Waals surface area contributed by atoms with Crippen LogP contribution >= 0.6 is 0 Å². The fraction of sp³-hybridized carbons (Fsp3) is 0.485. The molecular formula is C33H45NO7. The largest absolute Gasteiger partial charge is 0.494 e. The molecule has 224 valence electrons. The second-order valence-electron chi connectivity index (χ2n) is 10.7. The number of benzene rings is 2. The molecule has 8 heteroatoms. The second kappa shape index (κ2) is 18.5. The molecule has 2 rings (SSSR count). The fourth-order valence-electron chi connectivity index (χ4n) is 3.59. The highest BCUT2D eigenvalue weighted by Gasteiger charge is 2.20. The van der Waals surface area contributed by atoms with Crippen LogP contribution in [-0.4, -0.2) is 37.7 Å². The van der Waals surface area contributed by atoms with Crippen LogP contribution in [0.25, 0.3) is 0 Å². The fourth-order valence-corrected chi connectivity index (χ4v) is 3.59. The zero-order valence-electron chi connectivity index (χ0n) is 25.1. The Morgan fingerprint density at radius 1 is 0.805 bits per heavy atom. The molecule has 0 heterocycles. The van der Waals surface area contributed by atoms with E-state index < -0.39 is 11.9 Å². The molecule has 0 spiro atoms. The van der Waals surface area contributed by atoms with E-state index in [1.807, 2.05) is 27.7 Å². The van der Waals surface area contributed by atoms with Crippen LogP contribution in [0.1, 0.15) is 83.5 Å². The number of esters is 2. The Kier molecular flexibility index (Phi) is 15.1. The first-order valence-electron chi connectivity index (χ1n) is 14.6. The lowest BCUT2D eigenvalue weighted by Crippen LogP contribution is -2.19. The Morgan fingerprint density at radius 2 is 1.44 bits per heavy atom. The molecule has 0 fully saturated rings. The molecule has 2 aromatic carbocycles. The van der Waals surface area contributed by atoms with Gasteiger partial charge in [-0.25, -0.2) is 9.59 Å². The van der Waals surface area contributed by atoms with Crippen molar-refractivity contribution in [1.29, 1.82) is 0 Å². The summed E-state index contributed by atoms with van der Waals surface area (Å²) in [7, 11) is 0. The molecule has 0 aliphatic carbocycles. The molecule has 0 aromatic heterocycles. The lowest BCUT2D eigenvalue weighted by Gasteiger charge is -2.15. The van der Waals surface area contributed by atoms with Gasteiger partial charge >= 0.3 is 11.9 Å². The van der Waals surface area contributed by atoms with Gasteiger partial charge in [0, 0.05) is 5.56 Å².